The van der Waals surface area contributed by atoms with Crippen molar-refractivity contribution in [3.05, 3.63) is 35.7 Å². The lowest BCUT2D eigenvalue weighted by Crippen LogP contribution is -2.19. The number of nitrogens with zero attached hydrogens (tertiary/aromatic N) is 1. The molecule has 0 saturated carbocycles. The number of hydrogen-bond donors (Lipinski definition) is 1. The van der Waals surface area contributed by atoms with Gasteiger partial charge in [-0.2, -0.15) is 0 Å². The van der Waals surface area contributed by atoms with E-state index < -0.39 is 0 Å². The molecule has 0 spiro atoms. The standard InChI is InChI=1S/C12H11BrN2OS/c1-8(13)11(16)15-12-14-10(7-17-12)9-5-3-2-4-6-9/h2-8H,1H3,(H,14,15,16). The summed E-state index contributed by atoms with van der Waals surface area (Å²) in [6, 6.07) is 9.88. The van der Waals surface area contributed by atoms with Crippen molar-refractivity contribution in [1.29, 1.82) is 0 Å². The number of carbonyl (C=O) groups excluding carboxylic acids is 1. The number of hydrogen-bond acceptors (Lipinski definition) is 3. The zero-order valence-corrected chi connectivity index (χ0v) is 11.6. The van der Waals surface area contributed by atoms with Crippen molar-refractivity contribution in [2.75, 3.05) is 5.32 Å². The first kappa shape index (κ1) is 12.3. The van der Waals surface area contributed by atoms with Gasteiger partial charge in [-0.1, -0.05) is 46.3 Å². The van der Waals surface area contributed by atoms with Gasteiger partial charge in [-0.05, 0) is 6.92 Å². The molecule has 0 saturated heterocycles. The molecule has 1 aromatic heterocycles. The SMILES string of the molecule is CC(Br)C(=O)Nc1nc(-c2ccccc2)cs1. The van der Waals surface area contributed by atoms with Gasteiger partial charge in [0, 0.05) is 10.9 Å². The van der Waals surface area contributed by atoms with Crippen molar-refractivity contribution in [2.24, 2.45) is 0 Å². The van der Waals surface area contributed by atoms with Crippen LogP contribution in [0.2, 0.25) is 0 Å². The molecule has 1 heterocycles. The zero-order chi connectivity index (χ0) is 12.3. The van der Waals surface area contributed by atoms with E-state index in [1.54, 1.807) is 6.92 Å². The fourth-order valence-electron chi connectivity index (χ4n) is 1.28. The van der Waals surface area contributed by atoms with Crippen LogP contribution in [-0.2, 0) is 4.79 Å². The molecule has 1 atom stereocenters. The lowest BCUT2D eigenvalue weighted by atomic mass is 10.2. The molecule has 1 N–H and O–H groups in total. The van der Waals surface area contributed by atoms with Gasteiger partial charge < -0.3 is 5.32 Å². The highest BCUT2D eigenvalue weighted by Gasteiger charge is 2.11. The molecule has 0 radical (unpaired) electrons. The molecule has 88 valence electrons. The van der Waals surface area contributed by atoms with Crippen LogP contribution in [0.15, 0.2) is 35.7 Å². The van der Waals surface area contributed by atoms with Gasteiger partial charge in [-0.25, -0.2) is 4.98 Å². The molecule has 0 aliphatic carbocycles. The summed E-state index contributed by atoms with van der Waals surface area (Å²) in [7, 11) is 0. The summed E-state index contributed by atoms with van der Waals surface area (Å²) in [6.45, 7) is 1.78. The second-order valence-corrected chi connectivity index (χ2v) is 5.74. The van der Waals surface area contributed by atoms with Crippen LogP contribution in [0, 0.1) is 0 Å². The summed E-state index contributed by atoms with van der Waals surface area (Å²) in [6.07, 6.45) is 0. The minimum atomic E-state index is -0.216. The second kappa shape index (κ2) is 5.42. The lowest BCUT2D eigenvalue weighted by molar-refractivity contribution is -0.115. The van der Waals surface area contributed by atoms with Crippen molar-refractivity contribution in [1.82, 2.24) is 4.98 Å². The van der Waals surface area contributed by atoms with Crippen LogP contribution in [0.25, 0.3) is 11.3 Å². The number of rotatable bonds is 3. The van der Waals surface area contributed by atoms with Crippen LogP contribution >= 0.6 is 27.3 Å². The molecule has 1 unspecified atom stereocenters. The Balaban J connectivity index is 2.14. The molecule has 0 aliphatic heterocycles. The van der Waals surface area contributed by atoms with Crippen LogP contribution in [0.4, 0.5) is 5.13 Å². The van der Waals surface area contributed by atoms with E-state index in [2.05, 4.69) is 26.2 Å². The number of aromatic nitrogens is 1. The molecule has 1 aromatic carbocycles. The zero-order valence-electron chi connectivity index (χ0n) is 9.18. The van der Waals surface area contributed by atoms with Gasteiger partial charge in [0.2, 0.25) is 5.91 Å². The van der Waals surface area contributed by atoms with Gasteiger partial charge in [0.1, 0.15) is 0 Å². The number of halogens is 1. The Kier molecular flexibility index (Phi) is 3.91. The van der Waals surface area contributed by atoms with E-state index in [0.29, 0.717) is 5.13 Å². The van der Waals surface area contributed by atoms with E-state index in [4.69, 9.17) is 0 Å². The molecule has 0 bridgehead atoms. The maximum absolute atomic E-state index is 11.5. The third kappa shape index (κ3) is 3.14. The number of anilines is 1. The van der Waals surface area contributed by atoms with Crippen LogP contribution in [-0.4, -0.2) is 15.7 Å². The fraction of sp³-hybridized carbons (Fsp3) is 0.167. The number of carbonyl (C=O) groups is 1. The number of nitrogens with one attached hydrogen (secondary N) is 1. The second-order valence-electron chi connectivity index (χ2n) is 3.51. The highest BCUT2D eigenvalue weighted by atomic mass is 79.9. The van der Waals surface area contributed by atoms with Gasteiger partial charge in [0.25, 0.3) is 0 Å². The number of benzene rings is 1. The van der Waals surface area contributed by atoms with E-state index in [1.807, 2.05) is 35.7 Å². The Morgan fingerprint density at radius 1 is 1.41 bits per heavy atom. The first-order valence-electron chi connectivity index (χ1n) is 5.12. The van der Waals surface area contributed by atoms with E-state index in [1.165, 1.54) is 11.3 Å². The smallest absolute Gasteiger partial charge is 0.239 e. The molecule has 17 heavy (non-hydrogen) atoms. The summed E-state index contributed by atoms with van der Waals surface area (Å²) >= 11 is 4.64. The lowest BCUT2D eigenvalue weighted by Gasteiger charge is -2.02. The minimum Gasteiger partial charge on any atom is -0.301 e. The summed E-state index contributed by atoms with van der Waals surface area (Å²) in [5, 5.41) is 5.31. The topological polar surface area (TPSA) is 42.0 Å². The molecule has 0 fully saturated rings. The van der Waals surface area contributed by atoms with E-state index >= 15 is 0 Å². The molecule has 5 heteroatoms. The summed E-state index contributed by atoms with van der Waals surface area (Å²) in [5.74, 6) is -0.0843. The van der Waals surface area contributed by atoms with E-state index in [-0.39, 0.29) is 10.7 Å². The van der Waals surface area contributed by atoms with Gasteiger partial charge in [-0.3, -0.25) is 4.79 Å². The van der Waals surface area contributed by atoms with Crippen molar-refractivity contribution in [2.45, 2.75) is 11.8 Å². The Hall–Kier alpha value is -1.20. The van der Waals surface area contributed by atoms with Gasteiger partial charge in [0.15, 0.2) is 5.13 Å². The quantitative estimate of drug-likeness (QED) is 0.881. The Morgan fingerprint density at radius 2 is 2.12 bits per heavy atom. The molecule has 3 nitrogen and oxygen atoms in total. The van der Waals surface area contributed by atoms with E-state index in [9.17, 15) is 4.79 Å². The maximum atomic E-state index is 11.5. The number of alkyl halides is 1. The van der Waals surface area contributed by atoms with Crippen molar-refractivity contribution in [3.63, 3.8) is 0 Å². The van der Waals surface area contributed by atoms with Crippen LogP contribution < -0.4 is 5.32 Å². The molecule has 0 aliphatic rings. The number of amides is 1. The molecular formula is C12H11BrN2OS. The van der Waals surface area contributed by atoms with Crippen molar-refractivity contribution in [3.8, 4) is 11.3 Å². The number of thiazole rings is 1. The third-order valence-electron chi connectivity index (χ3n) is 2.17. The normalized spacial score (nSPS) is 12.1. The first-order chi connectivity index (χ1) is 8.16. The summed E-state index contributed by atoms with van der Waals surface area (Å²) in [4.78, 5) is 15.6. The monoisotopic (exact) mass is 310 g/mol. The largest absolute Gasteiger partial charge is 0.301 e. The predicted molar refractivity (Wildman–Crippen MR) is 74.6 cm³/mol. The Labute approximate surface area is 112 Å². The molecule has 1 amide bonds. The van der Waals surface area contributed by atoms with Gasteiger partial charge >= 0.3 is 0 Å². The molecular weight excluding hydrogens is 300 g/mol. The average molecular weight is 311 g/mol. The molecule has 2 rings (SSSR count). The van der Waals surface area contributed by atoms with Crippen molar-refractivity contribution >= 4 is 38.3 Å². The average Bonchev–Trinajstić information content (AvgIpc) is 2.78. The van der Waals surface area contributed by atoms with Gasteiger partial charge in [0.05, 0.1) is 10.5 Å². The van der Waals surface area contributed by atoms with Crippen LogP contribution in [0.5, 0.6) is 0 Å². The van der Waals surface area contributed by atoms with Crippen LogP contribution in [0.1, 0.15) is 6.92 Å². The Bertz CT molecular complexity index is 510. The molecule has 2 aromatic rings. The highest BCUT2D eigenvalue weighted by Crippen LogP contribution is 2.24. The highest BCUT2D eigenvalue weighted by molar-refractivity contribution is 9.10. The predicted octanol–water partition coefficient (Wildman–Crippen LogP) is 3.53. The van der Waals surface area contributed by atoms with Crippen molar-refractivity contribution < 1.29 is 4.79 Å². The van der Waals surface area contributed by atoms with Crippen LogP contribution in [0.3, 0.4) is 0 Å². The Morgan fingerprint density at radius 3 is 2.76 bits per heavy atom. The minimum absolute atomic E-state index is 0.0843. The third-order valence-corrected chi connectivity index (χ3v) is 3.34. The van der Waals surface area contributed by atoms with Gasteiger partial charge in [-0.15, -0.1) is 11.3 Å². The summed E-state index contributed by atoms with van der Waals surface area (Å²) in [5.41, 5.74) is 1.93. The summed E-state index contributed by atoms with van der Waals surface area (Å²) < 4.78 is 0. The van der Waals surface area contributed by atoms with E-state index in [0.717, 1.165) is 11.3 Å². The maximum Gasteiger partial charge on any atom is 0.239 e. The fourth-order valence-corrected chi connectivity index (χ4v) is 2.11. The first-order valence-corrected chi connectivity index (χ1v) is 6.92.